The fourth-order valence-electron chi connectivity index (χ4n) is 2.37. The average molecular weight is 378 g/mol. The van der Waals surface area contributed by atoms with Gasteiger partial charge in [-0.3, -0.25) is 9.59 Å². The van der Waals surface area contributed by atoms with Gasteiger partial charge in [-0.05, 0) is 29.8 Å². The van der Waals surface area contributed by atoms with Gasteiger partial charge in [-0.25, -0.2) is 9.97 Å². The number of aliphatic hydroxyl groups is 1. The molecule has 2 aromatic carbocycles. The van der Waals surface area contributed by atoms with Crippen LogP contribution in [-0.2, 0) is 9.59 Å². The Labute approximate surface area is 161 Å². The van der Waals surface area contributed by atoms with Crippen LogP contribution >= 0.6 is 0 Å². The summed E-state index contributed by atoms with van der Waals surface area (Å²) in [5.74, 6) is 0.290. The van der Waals surface area contributed by atoms with Crippen LogP contribution in [0.2, 0.25) is 0 Å². The molecule has 8 nitrogen and oxygen atoms in total. The highest BCUT2D eigenvalue weighted by atomic mass is 16.5. The van der Waals surface area contributed by atoms with Crippen molar-refractivity contribution in [3.8, 4) is 11.6 Å². The molecule has 2 amide bonds. The third-order valence-corrected chi connectivity index (χ3v) is 3.65. The Morgan fingerprint density at radius 3 is 2.39 bits per heavy atom. The van der Waals surface area contributed by atoms with E-state index < -0.39 is 12.0 Å². The number of anilines is 2. The number of hydrogen-bond donors (Lipinski definition) is 3. The van der Waals surface area contributed by atoms with Gasteiger partial charge in [0.25, 0.3) is 5.91 Å². The summed E-state index contributed by atoms with van der Waals surface area (Å²) in [6, 6.07) is 16.7. The Morgan fingerprint density at radius 2 is 1.71 bits per heavy atom. The molecule has 8 heteroatoms. The first-order chi connectivity index (χ1) is 13.5. The number of ether oxygens (including phenoxy) is 1. The minimum absolute atomic E-state index is 0.248. The van der Waals surface area contributed by atoms with Gasteiger partial charge >= 0.3 is 0 Å². The second-order valence-corrected chi connectivity index (χ2v) is 5.85. The number of nitrogens with one attached hydrogen (secondary N) is 2. The summed E-state index contributed by atoms with van der Waals surface area (Å²) in [4.78, 5) is 31.2. The fourth-order valence-corrected chi connectivity index (χ4v) is 2.37. The molecule has 1 atom stereocenters. The van der Waals surface area contributed by atoms with E-state index in [0.717, 1.165) is 0 Å². The molecule has 0 saturated heterocycles. The Morgan fingerprint density at radius 1 is 1.00 bits per heavy atom. The van der Waals surface area contributed by atoms with Gasteiger partial charge in [0.15, 0.2) is 6.10 Å². The molecule has 1 heterocycles. The summed E-state index contributed by atoms with van der Waals surface area (Å²) in [6.07, 6.45) is 0.0190. The maximum atomic E-state index is 12.2. The van der Waals surface area contributed by atoms with Crippen LogP contribution in [0.5, 0.6) is 11.6 Å². The lowest BCUT2D eigenvalue weighted by atomic mass is 10.1. The fraction of sp³-hybridized carbons (Fsp3) is 0.100. The number of carbonyl (C=O) groups excluding carboxylic acids is 2. The van der Waals surface area contributed by atoms with Crippen molar-refractivity contribution in [2.75, 3.05) is 10.6 Å². The third-order valence-electron chi connectivity index (χ3n) is 3.65. The lowest BCUT2D eigenvalue weighted by Gasteiger charge is -2.12. The summed E-state index contributed by atoms with van der Waals surface area (Å²) >= 11 is 0. The molecule has 0 bridgehead atoms. The molecule has 0 fully saturated rings. The highest BCUT2D eigenvalue weighted by Gasteiger charge is 2.17. The number of aliphatic hydroxyl groups excluding tert-OH is 1. The highest BCUT2D eigenvalue weighted by Crippen LogP contribution is 2.23. The maximum absolute atomic E-state index is 12.2. The number of rotatable bonds is 6. The van der Waals surface area contributed by atoms with Crippen molar-refractivity contribution >= 4 is 23.3 Å². The van der Waals surface area contributed by atoms with Crippen LogP contribution in [0, 0.1) is 0 Å². The molecule has 3 aromatic rings. The van der Waals surface area contributed by atoms with Gasteiger partial charge in [0.1, 0.15) is 17.9 Å². The van der Waals surface area contributed by atoms with E-state index in [1.54, 1.807) is 48.5 Å². The van der Waals surface area contributed by atoms with Crippen molar-refractivity contribution in [3.63, 3.8) is 0 Å². The minimum atomic E-state index is -1.26. The largest absolute Gasteiger partial charge is 0.439 e. The van der Waals surface area contributed by atoms with Crippen LogP contribution in [0.3, 0.4) is 0 Å². The normalized spacial score (nSPS) is 11.4. The molecule has 0 radical (unpaired) electrons. The lowest BCUT2D eigenvalue weighted by Crippen LogP contribution is -2.20. The predicted molar refractivity (Wildman–Crippen MR) is 103 cm³/mol. The number of benzene rings is 2. The molecular weight excluding hydrogens is 360 g/mol. The molecule has 0 aliphatic rings. The maximum Gasteiger partial charge on any atom is 0.257 e. The number of amides is 2. The van der Waals surface area contributed by atoms with Gasteiger partial charge in [-0.2, -0.15) is 0 Å². The van der Waals surface area contributed by atoms with E-state index in [1.165, 1.54) is 19.3 Å². The summed E-state index contributed by atoms with van der Waals surface area (Å²) in [5.41, 5.74) is 1.02. The second-order valence-electron chi connectivity index (χ2n) is 5.85. The van der Waals surface area contributed by atoms with Crippen molar-refractivity contribution in [1.82, 2.24) is 9.97 Å². The zero-order chi connectivity index (χ0) is 19.9. The molecule has 0 aliphatic carbocycles. The van der Waals surface area contributed by atoms with Crippen LogP contribution in [0.15, 0.2) is 67.0 Å². The molecule has 28 heavy (non-hydrogen) atoms. The zero-order valence-electron chi connectivity index (χ0n) is 15.0. The first kappa shape index (κ1) is 19.0. The number of hydrogen-bond acceptors (Lipinski definition) is 6. The average Bonchev–Trinajstić information content (AvgIpc) is 2.69. The molecule has 3 N–H and O–H groups in total. The van der Waals surface area contributed by atoms with E-state index in [2.05, 4.69) is 20.6 Å². The van der Waals surface area contributed by atoms with E-state index in [1.807, 2.05) is 6.07 Å². The first-order valence-corrected chi connectivity index (χ1v) is 8.43. The van der Waals surface area contributed by atoms with Crippen LogP contribution in [0.1, 0.15) is 18.6 Å². The molecule has 0 saturated carbocycles. The zero-order valence-corrected chi connectivity index (χ0v) is 15.0. The molecule has 3 rings (SSSR count). The first-order valence-electron chi connectivity index (χ1n) is 8.43. The Bertz CT molecular complexity index is 961. The smallest absolute Gasteiger partial charge is 0.257 e. The van der Waals surface area contributed by atoms with E-state index in [9.17, 15) is 14.7 Å². The van der Waals surface area contributed by atoms with Gasteiger partial charge in [0, 0.05) is 18.7 Å². The third kappa shape index (κ3) is 5.12. The van der Waals surface area contributed by atoms with E-state index in [0.29, 0.717) is 22.8 Å². The van der Waals surface area contributed by atoms with Crippen LogP contribution in [0.4, 0.5) is 11.5 Å². The summed E-state index contributed by atoms with van der Waals surface area (Å²) in [5, 5.41) is 15.3. The van der Waals surface area contributed by atoms with Crippen LogP contribution < -0.4 is 15.4 Å². The molecular formula is C20H18N4O4. The summed E-state index contributed by atoms with van der Waals surface area (Å²) in [6.45, 7) is 1.38. The summed E-state index contributed by atoms with van der Waals surface area (Å²) < 4.78 is 5.61. The Kier molecular flexibility index (Phi) is 5.93. The van der Waals surface area contributed by atoms with Crippen molar-refractivity contribution in [1.29, 1.82) is 0 Å². The van der Waals surface area contributed by atoms with E-state index in [4.69, 9.17) is 4.74 Å². The van der Waals surface area contributed by atoms with Crippen molar-refractivity contribution in [2.45, 2.75) is 13.0 Å². The van der Waals surface area contributed by atoms with Crippen LogP contribution in [-0.4, -0.2) is 26.9 Å². The molecule has 0 spiro atoms. The minimum Gasteiger partial charge on any atom is -0.439 e. The quantitative estimate of drug-likeness (QED) is 0.608. The molecule has 1 aromatic heterocycles. The standard InChI is InChI=1S/C20H18N4O4/c1-13(25)23-17-11-18(22-12-21-17)28-16-9-7-15(8-10-16)24-20(27)19(26)14-5-3-2-4-6-14/h2-12,19,26H,1H3,(H,24,27)(H,21,22,23,25)/t19-/m0/s1. The predicted octanol–water partition coefficient (Wildman–Crippen LogP) is 2.90. The van der Waals surface area contributed by atoms with Crippen molar-refractivity contribution in [2.24, 2.45) is 0 Å². The van der Waals surface area contributed by atoms with E-state index >= 15 is 0 Å². The molecule has 142 valence electrons. The van der Waals surface area contributed by atoms with Gasteiger partial charge in [-0.1, -0.05) is 30.3 Å². The second kappa shape index (κ2) is 8.74. The number of carbonyl (C=O) groups is 2. The van der Waals surface area contributed by atoms with Crippen molar-refractivity contribution in [3.05, 3.63) is 72.6 Å². The number of aromatic nitrogens is 2. The molecule has 0 unspecified atom stereocenters. The SMILES string of the molecule is CC(=O)Nc1cc(Oc2ccc(NC(=O)[C@@H](O)c3ccccc3)cc2)ncn1. The van der Waals surface area contributed by atoms with Gasteiger partial charge < -0.3 is 20.5 Å². The van der Waals surface area contributed by atoms with Crippen molar-refractivity contribution < 1.29 is 19.4 Å². The molecule has 0 aliphatic heterocycles. The van der Waals surface area contributed by atoms with Gasteiger partial charge in [0.05, 0.1) is 0 Å². The van der Waals surface area contributed by atoms with E-state index in [-0.39, 0.29) is 11.8 Å². The monoisotopic (exact) mass is 378 g/mol. The topological polar surface area (TPSA) is 113 Å². The summed E-state index contributed by atoms with van der Waals surface area (Å²) in [7, 11) is 0. The van der Waals surface area contributed by atoms with Gasteiger partial charge in [0.2, 0.25) is 11.8 Å². The highest BCUT2D eigenvalue weighted by molar-refractivity contribution is 5.94. The lowest BCUT2D eigenvalue weighted by molar-refractivity contribution is -0.124. The van der Waals surface area contributed by atoms with Crippen LogP contribution in [0.25, 0.3) is 0 Å². The number of nitrogens with zero attached hydrogens (tertiary/aromatic N) is 2. The van der Waals surface area contributed by atoms with Gasteiger partial charge in [-0.15, -0.1) is 0 Å². The Hall–Kier alpha value is -3.78. The Balaban J connectivity index is 1.62.